The first-order chi connectivity index (χ1) is 18.7. The molecule has 200 valence electrons. The maximum atomic E-state index is 13.2. The van der Waals surface area contributed by atoms with Gasteiger partial charge >= 0.3 is 11.9 Å². The van der Waals surface area contributed by atoms with Crippen LogP contribution in [0.4, 0.5) is 0 Å². The molecule has 0 bridgehead atoms. The number of ether oxygens (including phenoxy) is 2. The van der Waals surface area contributed by atoms with E-state index in [1.807, 2.05) is 35.8 Å². The Labute approximate surface area is 235 Å². The average molecular weight is 563 g/mol. The van der Waals surface area contributed by atoms with Gasteiger partial charge in [0.05, 0.1) is 24.8 Å². The summed E-state index contributed by atoms with van der Waals surface area (Å²) in [6.07, 6.45) is -0.548. The lowest BCUT2D eigenvalue weighted by atomic mass is 9.99. The fourth-order valence-electron chi connectivity index (χ4n) is 4.61. The number of fused-ring (bicyclic) bond motifs is 3. The largest absolute Gasteiger partial charge is 0.465 e. The molecule has 1 aliphatic rings. The molecule has 3 heterocycles. The van der Waals surface area contributed by atoms with Crippen LogP contribution in [0.15, 0.2) is 53.5 Å². The van der Waals surface area contributed by atoms with Crippen LogP contribution in [0.1, 0.15) is 74.6 Å². The molecule has 5 rings (SSSR count). The second-order valence-electron chi connectivity index (χ2n) is 9.35. The highest BCUT2D eigenvalue weighted by Crippen LogP contribution is 2.39. The molecule has 2 aromatic carbocycles. The van der Waals surface area contributed by atoms with E-state index < -0.39 is 24.1 Å². The summed E-state index contributed by atoms with van der Waals surface area (Å²) in [5.74, 6) is 0.463. The van der Waals surface area contributed by atoms with E-state index in [9.17, 15) is 9.59 Å². The summed E-state index contributed by atoms with van der Waals surface area (Å²) in [7, 11) is 1.33. The molecule has 1 aliphatic heterocycles. The summed E-state index contributed by atoms with van der Waals surface area (Å²) in [5, 5.41) is 10.4. The van der Waals surface area contributed by atoms with Crippen LogP contribution >= 0.6 is 22.9 Å². The van der Waals surface area contributed by atoms with Crippen LogP contribution in [0.25, 0.3) is 5.00 Å². The van der Waals surface area contributed by atoms with Crippen LogP contribution in [-0.4, -0.2) is 39.5 Å². The van der Waals surface area contributed by atoms with Crippen molar-refractivity contribution in [1.82, 2.24) is 14.8 Å². The molecule has 8 nitrogen and oxygen atoms in total. The molecule has 0 radical (unpaired) electrons. The molecule has 0 spiro atoms. The highest BCUT2D eigenvalue weighted by molar-refractivity contribution is 7.15. The number of esters is 2. The van der Waals surface area contributed by atoms with E-state index in [4.69, 9.17) is 26.1 Å². The number of aryl methyl sites for hydroxylation is 2. The van der Waals surface area contributed by atoms with Crippen molar-refractivity contribution in [3.05, 3.63) is 97.9 Å². The van der Waals surface area contributed by atoms with Crippen molar-refractivity contribution in [2.24, 2.45) is 4.99 Å². The molecule has 10 heteroatoms. The van der Waals surface area contributed by atoms with Gasteiger partial charge in [-0.15, -0.1) is 21.5 Å². The number of rotatable bonds is 6. The Hall–Kier alpha value is -3.82. The lowest BCUT2D eigenvalue weighted by Gasteiger charge is -2.16. The summed E-state index contributed by atoms with van der Waals surface area (Å²) >= 11 is 7.83. The molecule has 0 fully saturated rings. The van der Waals surface area contributed by atoms with Crippen molar-refractivity contribution in [1.29, 1.82) is 0 Å². The number of aromatic nitrogens is 3. The van der Waals surface area contributed by atoms with Crippen molar-refractivity contribution in [2.45, 2.75) is 46.3 Å². The quantitative estimate of drug-likeness (QED) is 0.257. The standard InChI is InChI=1S/C29H27ClN4O4S/c1-15-17(3)39-28-25(15)26(20-10-12-22(30)13-11-20)31-23(27-33-32-18(4)34(27)28)14-24(35)38-16(2)19-6-8-21(9-7-19)29(36)37-5/h6-13,16,23H,14H2,1-5H3/t16-,23-/m0/s1. The van der Waals surface area contributed by atoms with E-state index in [1.165, 1.54) is 12.0 Å². The van der Waals surface area contributed by atoms with Gasteiger partial charge in [-0.1, -0.05) is 35.9 Å². The van der Waals surface area contributed by atoms with Crippen molar-refractivity contribution in [3.8, 4) is 5.00 Å². The summed E-state index contributed by atoms with van der Waals surface area (Å²) in [6, 6.07) is 13.7. The maximum Gasteiger partial charge on any atom is 0.337 e. The van der Waals surface area contributed by atoms with Gasteiger partial charge in [0.2, 0.25) is 0 Å². The van der Waals surface area contributed by atoms with Crippen molar-refractivity contribution in [2.75, 3.05) is 7.11 Å². The minimum absolute atomic E-state index is 0.0211. The molecular weight excluding hydrogens is 536 g/mol. The minimum Gasteiger partial charge on any atom is -0.465 e. The molecule has 0 saturated heterocycles. The van der Waals surface area contributed by atoms with E-state index in [-0.39, 0.29) is 6.42 Å². The smallest absolute Gasteiger partial charge is 0.337 e. The monoisotopic (exact) mass is 562 g/mol. The number of hydrogen-bond donors (Lipinski definition) is 0. The first-order valence-electron chi connectivity index (χ1n) is 12.4. The number of halogens is 1. The number of methoxy groups -OCH3 is 1. The number of carbonyl (C=O) groups is 2. The van der Waals surface area contributed by atoms with Gasteiger partial charge in [0.25, 0.3) is 0 Å². The van der Waals surface area contributed by atoms with E-state index in [2.05, 4.69) is 24.0 Å². The second kappa shape index (κ2) is 10.7. The van der Waals surface area contributed by atoms with Gasteiger partial charge in [-0.05, 0) is 63.1 Å². The zero-order valence-electron chi connectivity index (χ0n) is 22.2. The summed E-state index contributed by atoms with van der Waals surface area (Å²) in [5.41, 5.74) is 4.98. The van der Waals surface area contributed by atoms with Crippen molar-refractivity contribution >= 4 is 40.6 Å². The fraction of sp³-hybridized carbons (Fsp3) is 0.276. The third kappa shape index (κ3) is 5.12. The Balaban J connectivity index is 1.49. The lowest BCUT2D eigenvalue weighted by molar-refractivity contribution is -0.149. The Kier molecular flexibility index (Phi) is 7.38. The second-order valence-corrected chi connectivity index (χ2v) is 11.0. The van der Waals surface area contributed by atoms with Gasteiger partial charge in [0.1, 0.15) is 23.0 Å². The molecule has 0 unspecified atom stereocenters. The highest BCUT2D eigenvalue weighted by atomic mass is 35.5. The van der Waals surface area contributed by atoms with Crippen molar-refractivity contribution in [3.63, 3.8) is 0 Å². The Morgan fingerprint density at radius 3 is 2.41 bits per heavy atom. The van der Waals surface area contributed by atoms with E-state index in [0.29, 0.717) is 16.4 Å². The van der Waals surface area contributed by atoms with Crippen LogP contribution in [0.2, 0.25) is 5.02 Å². The third-order valence-electron chi connectivity index (χ3n) is 6.83. The Bertz CT molecular complexity index is 1590. The van der Waals surface area contributed by atoms with E-state index >= 15 is 0 Å². The molecule has 39 heavy (non-hydrogen) atoms. The molecule has 0 saturated carbocycles. The van der Waals surface area contributed by atoms with Gasteiger partial charge in [0.15, 0.2) is 5.82 Å². The third-order valence-corrected chi connectivity index (χ3v) is 8.27. The molecule has 2 atom stereocenters. The number of thiophene rings is 1. The van der Waals surface area contributed by atoms with Gasteiger partial charge in [0, 0.05) is 21.0 Å². The number of benzene rings is 2. The van der Waals surface area contributed by atoms with Crippen LogP contribution < -0.4 is 0 Å². The van der Waals surface area contributed by atoms with Crippen LogP contribution in [0, 0.1) is 20.8 Å². The van der Waals surface area contributed by atoms with Crippen molar-refractivity contribution < 1.29 is 19.1 Å². The van der Waals surface area contributed by atoms with E-state index in [1.54, 1.807) is 42.5 Å². The van der Waals surface area contributed by atoms with Gasteiger partial charge < -0.3 is 9.47 Å². The van der Waals surface area contributed by atoms with Gasteiger partial charge in [-0.2, -0.15) is 0 Å². The maximum absolute atomic E-state index is 13.2. The fourth-order valence-corrected chi connectivity index (χ4v) is 5.95. The highest BCUT2D eigenvalue weighted by Gasteiger charge is 2.33. The molecular formula is C29H27ClN4O4S. The topological polar surface area (TPSA) is 95.7 Å². The number of hydrogen-bond acceptors (Lipinski definition) is 8. The predicted octanol–water partition coefficient (Wildman–Crippen LogP) is 6.28. The summed E-state index contributed by atoms with van der Waals surface area (Å²) in [4.78, 5) is 31.2. The van der Waals surface area contributed by atoms with Crippen LogP contribution in [0.3, 0.4) is 0 Å². The van der Waals surface area contributed by atoms with Gasteiger partial charge in [-0.25, -0.2) is 4.79 Å². The Morgan fingerprint density at radius 2 is 1.74 bits per heavy atom. The lowest BCUT2D eigenvalue weighted by Crippen LogP contribution is -2.15. The number of nitrogens with zero attached hydrogens (tertiary/aromatic N) is 4. The van der Waals surface area contributed by atoms with E-state index in [0.717, 1.165) is 38.8 Å². The minimum atomic E-state index is -0.613. The molecule has 0 N–H and O–H groups in total. The average Bonchev–Trinajstić information content (AvgIpc) is 3.40. The summed E-state index contributed by atoms with van der Waals surface area (Å²) in [6.45, 7) is 7.85. The number of aliphatic imine (C=N–C) groups is 1. The SMILES string of the molecule is COC(=O)c1ccc([C@H](C)OC(=O)C[C@@H]2N=C(c3ccc(Cl)cc3)c3c(sc(C)c3C)-n3c(C)nnc32)cc1. The summed E-state index contributed by atoms with van der Waals surface area (Å²) < 4.78 is 12.5. The normalized spacial score (nSPS) is 15.0. The molecule has 2 aromatic heterocycles. The first-order valence-corrected chi connectivity index (χ1v) is 13.6. The predicted molar refractivity (Wildman–Crippen MR) is 150 cm³/mol. The Morgan fingerprint density at radius 1 is 1.05 bits per heavy atom. The van der Waals surface area contributed by atoms with Crippen LogP contribution in [0.5, 0.6) is 0 Å². The molecule has 4 aromatic rings. The number of carbonyl (C=O) groups excluding carboxylic acids is 2. The van der Waals surface area contributed by atoms with Gasteiger partial charge in [-0.3, -0.25) is 14.4 Å². The zero-order valence-corrected chi connectivity index (χ0v) is 23.8. The zero-order chi connectivity index (χ0) is 27.8. The van der Waals surface area contributed by atoms with Crippen LogP contribution in [-0.2, 0) is 14.3 Å². The first kappa shape index (κ1) is 26.8. The molecule has 0 amide bonds. The molecule has 0 aliphatic carbocycles.